The fraction of sp³-hybridized carbons (Fsp3) is 0.500. The van der Waals surface area contributed by atoms with Gasteiger partial charge in [-0.15, -0.1) is 0 Å². The maximum absolute atomic E-state index is 12.4. The first-order valence-electron chi connectivity index (χ1n) is 6.98. The number of hydrogen-bond acceptors (Lipinski definition) is 3. The number of carboxylic acids is 1. The van der Waals surface area contributed by atoms with Crippen LogP contribution in [0.1, 0.15) is 32.3 Å². The van der Waals surface area contributed by atoms with E-state index in [1.165, 1.54) is 4.31 Å². The predicted octanol–water partition coefficient (Wildman–Crippen LogP) is 2.09. The molecule has 0 radical (unpaired) electrons. The minimum atomic E-state index is -3.67. The van der Waals surface area contributed by atoms with Gasteiger partial charge < -0.3 is 5.11 Å². The standard InChI is InChI=1S/C14H22N2O4S/c1-3-9-16(10-4-2)21(19,20)15-13-8-6-5-7-12(13)11-14(17)18/h5-8,15H,3-4,9-11H2,1-2H3,(H,17,18). The van der Waals surface area contributed by atoms with E-state index in [4.69, 9.17) is 5.11 Å². The molecule has 0 aliphatic rings. The summed E-state index contributed by atoms with van der Waals surface area (Å²) in [6.07, 6.45) is 1.22. The van der Waals surface area contributed by atoms with Crippen LogP contribution in [0.2, 0.25) is 0 Å². The van der Waals surface area contributed by atoms with Crippen molar-refractivity contribution in [2.24, 2.45) is 0 Å². The summed E-state index contributed by atoms with van der Waals surface area (Å²) in [5.74, 6) is -0.999. The molecular weight excluding hydrogens is 292 g/mol. The van der Waals surface area contributed by atoms with Gasteiger partial charge in [0.15, 0.2) is 0 Å². The summed E-state index contributed by atoms with van der Waals surface area (Å²) >= 11 is 0. The summed E-state index contributed by atoms with van der Waals surface area (Å²) in [4.78, 5) is 10.8. The lowest BCUT2D eigenvalue weighted by atomic mass is 10.1. The Morgan fingerprint density at radius 1 is 1.19 bits per heavy atom. The van der Waals surface area contributed by atoms with Gasteiger partial charge in [0.25, 0.3) is 0 Å². The third-order valence-electron chi connectivity index (χ3n) is 2.88. The molecule has 1 rings (SSSR count). The summed E-state index contributed by atoms with van der Waals surface area (Å²) in [6.45, 7) is 4.70. The summed E-state index contributed by atoms with van der Waals surface area (Å²) < 4.78 is 28.6. The smallest absolute Gasteiger partial charge is 0.307 e. The predicted molar refractivity (Wildman–Crippen MR) is 82.5 cm³/mol. The largest absolute Gasteiger partial charge is 0.481 e. The SMILES string of the molecule is CCCN(CCC)S(=O)(=O)Nc1ccccc1CC(=O)O. The number of nitrogens with zero attached hydrogens (tertiary/aromatic N) is 1. The fourth-order valence-corrected chi connectivity index (χ4v) is 3.44. The van der Waals surface area contributed by atoms with Crippen LogP contribution in [0, 0.1) is 0 Å². The van der Waals surface area contributed by atoms with Crippen LogP contribution in [-0.2, 0) is 21.4 Å². The zero-order chi connectivity index (χ0) is 15.9. The molecule has 6 nitrogen and oxygen atoms in total. The average molecular weight is 314 g/mol. The lowest BCUT2D eigenvalue weighted by molar-refractivity contribution is -0.136. The number of aliphatic carboxylic acids is 1. The van der Waals surface area contributed by atoms with Crippen LogP contribution in [0.15, 0.2) is 24.3 Å². The van der Waals surface area contributed by atoms with Crippen LogP contribution in [-0.4, -0.2) is 36.9 Å². The highest BCUT2D eigenvalue weighted by Crippen LogP contribution is 2.19. The Hall–Kier alpha value is -1.60. The second-order valence-corrected chi connectivity index (χ2v) is 6.40. The van der Waals surface area contributed by atoms with Gasteiger partial charge in [-0.1, -0.05) is 32.0 Å². The molecule has 0 aliphatic carbocycles. The van der Waals surface area contributed by atoms with E-state index in [0.717, 1.165) is 12.8 Å². The minimum Gasteiger partial charge on any atom is -0.481 e. The molecule has 0 saturated carbocycles. The second-order valence-electron chi connectivity index (χ2n) is 4.73. The number of carbonyl (C=O) groups is 1. The highest BCUT2D eigenvalue weighted by molar-refractivity contribution is 7.90. The van der Waals surface area contributed by atoms with Gasteiger partial charge in [-0.3, -0.25) is 9.52 Å². The van der Waals surface area contributed by atoms with E-state index in [1.807, 2.05) is 13.8 Å². The molecule has 1 aromatic carbocycles. The van der Waals surface area contributed by atoms with Crippen LogP contribution in [0.25, 0.3) is 0 Å². The highest BCUT2D eigenvalue weighted by Gasteiger charge is 2.21. The fourth-order valence-electron chi connectivity index (χ4n) is 1.99. The molecule has 1 aromatic rings. The average Bonchev–Trinajstić information content (AvgIpc) is 2.40. The van der Waals surface area contributed by atoms with Gasteiger partial charge in [0.05, 0.1) is 12.1 Å². The van der Waals surface area contributed by atoms with E-state index >= 15 is 0 Å². The van der Waals surface area contributed by atoms with Crippen molar-refractivity contribution in [3.8, 4) is 0 Å². The molecular formula is C14H22N2O4S. The summed E-state index contributed by atoms with van der Waals surface area (Å²) in [6, 6.07) is 6.54. The van der Waals surface area contributed by atoms with Crippen molar-refractivity contribution in [1.29, 1.82) is 0 Å². The molecule has 21 heavy (non-hydrogen) atoms. The maximum atomic E-state index is 12.4. The van der Waals surface area contributed by atoms with E-state index in [1.54, 1.807) is 24.3 Å². The Morgan fingerprint density at radius 2 is 1.76 bits per heavy atom. The van der Waals surface area contributed by atoms with Crippen LogP contribution < -0.4 is 4.72 Å². The van der Waals surface area contributed by atoms with Gasteiger partial charge in [-0.25, -0.2) is 0 Å². The van der Waals surface area contributed by atoms with E-state index < -0.39 is 16.2 Å². The Morgan fingerprint density at radius 3 is 2.29 bits per heavy atom. The van der Waals surface area contributed by atoms with Gasteiger partial charge in [0.2, 0.25) is 0 Å². The summed E-state index contributed by atoms with van der Waals surface area (Å²) in [5, 5.41) is 8.88. The number of benzene rings is 1. The molecule has 0 spiro atoms. The molecule has 0 aliphatic heterocycles. The van der Waals surface area contributed by atoms with E-state index in [9.17, 15) is 13.2 Å². The van der Waals surface area contributed by atoms with Crippen LogP contribution in [0.3, 0.4) is 0 Å². The van der Waals surface area contributed by atoms with Crippen molar-refractivity contribution >= 4 is 21.9 Å². The van der Waals surface area contributed by atoms with Crippen molar-refractivity contribution in [2.45, 2.75) is 33.1 Å². The molecule has 2 N–H and O–H groups in total. The van der Waals surface area contributed by atoms with Crippen molar-refractivity contribution in [2.75, 3.05) is 17.8 Å². The maximum Gasteiger partial charge on any atom is 0.307 e. The first-order chi connectivity index (χ1) is 9.90. The van der Waals surface area contributed by atoms with E-state index in [2.05, 4.69) is 4.72 Å². The molecule has 0 aromatic heterocycles. The second kappa shape index (κ2) is 7.99. The first-order valence-corrected chi connectivity index (χ1v) is 8.42. The summed E-state index contributed by atoms with van der Waals surface area (Å²) in [5.41, 5.74) is 0.763. The van der Waals surface area contributed by atoms with Crippen LogP contribution in [0.4, 0.5) is 5.69 Å². The Kier molecular flexibility index (Phi) is 6.64. The zero-order valence-electron chi connectivity index (χ0n) is 12.4. The van der Waals surface area contributed by atoms with E-state index in [-0.39, 0.29) is 6.42 Å². The monoisotopic (exact) mass is 314 g/mol. The Bertz CT molecular complexity index is 566. The first kappa shape index (κ1) is 17.5. The number of carboxylic acid groups (broad SMARTS) is 1. The number of anilines is 1. The molecule has 0 fully saturated rings. The van der Waals surface area contributed by atoms with Crippen molar-refractivity contribution < 1.29 is 18.3 Å². The third-order valence-corrected chi connectivity index (χ3v) is 4.41. The molecule has 0 saturated heterocycles. The van der Waals surface area contributed by atoms with Gasteiger partial charge in [-0.05, 0) is 24.5 Å². The van der Waals surface area contributed by atoms with Crippen LogP contribution >= 0.6 is 0 Å². The molecule has 0 atom stereocenters. The minimum absolute atomic E-state index is 0.222. The topological polar surface area (TPSA) is 86.7 Å². The number of nitrogens with one attached hydrogen (secondary N) is 1. The molecule has 0 heterocycles. The van der Waals surface area contributed by atoms with Crippen molar-refractivity contribution in [1.82, 2.24) is 4.31 Å². The van der Waals surface area contributed by atoms with E-state index in [0.29, 0.717) is 24.3 Å². The van der Waals surface area contributed by atoms with Crippen LogP contribution in [0.5, 0.6) is 0 Å². The van der Waals surface area contributed by atoms with Gasteiger partial charge in [-0.2, -0.15) is 12.7 Å². The lowest BCUT2D eigenvalue weighted by Crippen LogP contribution is -2.37. The van der Waals surface area contributed by atoms with Gasteiger partial charge >= 0.3 is 16.2 Å². The molecule has 7 heteroatoms. The molecule has 0 amide bonds. The van der Waals surface area contributed by atoms with Gasteiger partial charge in [0.1, 0.15) is 0 Å². The number of para-hydroxylation sites is 1. The third kappa shape index (κ3) is 5.35. The molecule has 118 valence electrons. The molecule has 0 unspecified atom stereocenters. The van der Waals surface area contributed by atoms with Gasteiger partial charge in [0, 0.05) is 13.1 Å². The molecule has 0 bridgehead atoms. The number of rotatable bonds is 9. The lowest BCUT2D eigenvalue weighted by Gasteiger charge is -2.22. The van der Waals surface area contributed by atoms with Crippen molar-refractivity contribution in [3.63, 3.8) is 0 Å². The van der Waals surface area contributed by atoms with Crippen molar-refractivity contribution in [3.05, 3.63) is 29.8 Å². The number of hydrogen-bond donors (Lipinski definition) is 2. The zero-order valence-corrected chi connectivity index (χ0v) is 13.2. The Balaban J connectivity index is 2.99. The summed E-state index contributed by atoms with van der Waals surface area (Å²) in [7, 11) is -3.67. The normalized spacial score (nSPS) is 11.6. The Labute approximate surface area is 126 Å². The highest BCUT2D eigenvalue weighted by atomic mass is 32.2. The quantitative estimate of drug-likeness (QED) is 0.730.